The number of aryl methyl sites for hydroxylation is 4. The first kappa shape index (κ1) is 43.7. The third kappa shape index (κ3) is 7.49. The van der Waals surface area contributed by atoms with Crippen molar-refractivity contribution in [3.05, 3.63) is 214 Å². The largest absolute Gasteiger partial charge is 0.309 e. The highest BCUT2D eigenvalue weighted by Crippen LogP contribution is 2.52. The molecule has 0 bridgehead atoms. The van der Waals surface area contributed by atoms with Gasteiger partial charge in [0.05, 0.1) is 34.6 Å². The van der Waals surface area contributed by atoms with Crippen LogP contribution in [-0.2, 0) is 0 Å². The highest BCUT2D eigenvalue weighted by Gasteiger charge is 2.28. The van der Waals surface area contributed by atoms with E-state index in [4.69, 9.17) is 0 Å². The summed E-state index contributed by atoms with van der Waals surface area (Å²) in [6, 6.07) is 65.7. The van der Waals surface area contributed by atoms with Gasteiger partial charge in [0.15, 0.2) is 0 Å². The fourth-order valence-electron chi connectivity index (χ4n) is 10.3. The lowest BCUT2D eigenvalue weighted by Gasteiger charge is -2.33. The predicted molar refractivity (Wildman–Crippen MR) is 287 cm³/mol. The van der Waals surface area contributed by atoms with Crippen LogP contribution in [0.25, 0.3) is 54.6 Å². The second-order valence-electron chi connectivity index (χ2n) is 19.0. The number of hydrogen-bond donors (Lipinski definition) is 0. The molecule has 0 heterocycles. The van der Waals surface area contributed by atoms with Gasteiger partial charge in [-0.3, -0.25) is 0 Å². The van der Waals surface area contributed by atoms with Gasteiger partial charge in [-0.15, -0.1) is 0 Å². The van der Waals surface area contributed by atoms with E-state index in [0.29, 0.717) is 11.1 Å². The first-order chi connectivity index (χ1) is 32.9. The Morgan fingerprint density at radius 1 is 0.338 bits per heavy atom. The minimum Gasteiger partial charge on any atom is -0.309 e. The van der Waals surface area contributed by atoms with Crippen LogP contribution in [0.15, 0.2) is 170 Å². The van der Waals surface area contributed by atoms with Crippen molar-refractivity contribution in [3.8, 4) is 34.4 Å². The highest BCUT2D eigenvalue weighted by atomic mass is 15.2. The van der Waals surface area contributed by atoms with Crippen molar-refractivity contribution < 1.29 is 0 Å². The molecule has 0 atom stereocenters. The van der Waals surface area contributed by atoms with E-state index in [1.165, 1.54) is 65.7 Å². The van der Waals surface area contributed by atoms with Crippen LogP contribution >= 0.6 is 0 Å². The number of rotatable bonds is 10. The summed E-state index contributed by atoms with van der Waals surface area (Å²) in [4.78, 5) is 5.00. The molecule has 0 unspecified atom stereocenters. The van der Waals surface area contributed by atoms with E-state index in [1.807, 2.05) is 48.5 Å². The van der Waals surface area contributed by atoms with Crippen molar-refractivity contribution in [1.29, 1.82) is 10.5 Å². The Bertz CT molecular complexity index is 3400. The normalized spacial score (nSPS) is 11.5. The second-order valence-corrected chi connectivity index (χ2v) is 19.0. The third-order valence-electron chi connectivity index (χ3n) is 14.0. The molecular weight excluding hydrogens is 825 g/mol. The summed E-state index contributed by atoms with van der Waals surface area (Å²) < 4.78 is 0. The Morgan fingerprint density at radius 3 is 1.03 bits per heavy atom. The molecular formula is C64H54N4. The Kier molecular flexibility index (Phi) is 11.3. The molecule has 10 rings (SSSR count). The molecule has 0 N–H and O–H groups in total. The lowest BCUT2D eigenvalue weighted by atomic mass is 9.83. The molecule has 0 aliphatic heterocycles. The van der Waals surface area contributed by atoms with Gasteiger partial charge in [-0.2, -0.15) is 10.5 Å². The van der Waals surface area contributed by atoms with Gasteiger partial charge in [-0.05, 0) is 177 Å². The topological polar surface area (TPSA) is 54.1 Å². The molecule has 0 saturated heterocycles. The molecule has 4 nitrogen and oxygen atoms in total. The number of anilines is 6. The Balaban J connectivity index is 1.30. The smallest absolute Gasteiger partial charge is 0.0991 e. The van der Waals surface area contributed by atoms with Gasteiger partial charge < -0.3 is 9.80 Å². The number of nitrogens with zero attached hydrogens (tertiary/aromatic N) is 4. The predicted octanol–water partition coefficient (Wildman–Crippen LogP) is 18.1. The van der Waals surface area contributed by atoms with E-state index < -0.39 is 0 Å². The molecule has 0 amide bonds. The van der Waals surface area contributed by atoms with Gasteiger partial charge in [-0.25, -0.2) is 0 Å². The Hall–Kier alpha value is -8.18. The van der Waals surface area contributed by atoms with Crippen LogP contribution in [0.1, 0.15) is 84.0 Å². The van der Waals surface area contributed by atoms with Crippen molar-refractivity contribution in [2.75, 3.05) is 9.80 Å². The molecule has 0 aliphatic carbocycles. The molecule has 68 heavy (non-hydrogen) atoms. The van der Waals surface area contributed by atoms with Crippen molar-refractivity contribution >= 4 is 66.4 Å². The zero-order valence-corrected chi connectivity index (χ0v) is 40.1. The first-order valence-corrected chi connectivity index (χ1v) is 23.7. The van der Waals surface area contributed by atoms with Crippen molar-refractivity contribution in [2.45, 2.75) is 67.2 Å². The van der Waals surface area contributed by atoms with Crippen molar-refractivity contribution in [3.63, 3.8) is 0 Å². The average Bonchev–Trinajstić information content (AvgIpc) is 3.35. The minimum absolute atomic E-state index is 0.239. The van der Waals surface area contributed by atoms with Gasteiger partial charge in [0, 0.05) is 33.5 Å². The van der Waals surface area contributed by atoms with E-state index in [9.17, 15) is 10.5 Å². The fraction of sp³-hybridized carbons (Fsp3) is 0.156. The lowest BCUT2D eigenvalue weighted by Crippen LogP contribution is -2.15. The average molecular weight is 879 g/mol. The first-order valence-electron chi connectivity index (χ1n) is 23.7. The van der Waals surface area contributed by atoms with Gasteiger partial charge in [0.25, 0.3) is 0 Å². The molecule has 10 aromatic rings. The summed E-state index contributed by atoms with van der Waals surface area (Å²) in [6.07, 6.45) is 0. The van der Waals surface area contributed by atoms with Gasteiger partial charge >= 0.3 is 0 Å². The van der Waals surface area contributed by atoms with E-state index in [-0.39, 0.29) is 11.8 Å². The van der Waals surface area contributed by atoms with Gasteiger partial charge in [0.1, 0.15) is 0 Å². The third-order valence-corrected chi connectivity index (χ3v) is 14.0. The quantitative estimate of drug-likeness (QED) is 0.128. The van der Waals surface area contributed by atoms with E-state index in [1.54, 1.807) is 0 Å². The fourth-order valence-corrected chi connectivity index (χ4v) is 10.3. The molecule has 0 radical (unpaired) electrons. The van der Waals surface area contributed by atoms with Crippen LogP contribution in [0.2, 0.25) is 0 Å². The van der Waals surface area contributed by atoms with E-state index in [0.717, 1.165) is 56.4 Å². The number of para-hydroxylation sites is 2. The van der Waals surface area contributed by atoms with E-state index in [2.05, 4.69) is 199 Å². The van der Waals surface area contributed by atoms with Crippen molar-refractivity contribution in [1.82, 2.24) is 0 Å². The molecule has 10 aromatic carbocycles. The maximum absolute atomic E-state index is 9.59. The maximum atomic E-state index is 9.59. The Morgan fingerprint density at radius 2 is 0.676 bits per heavy atom. The minimum atomic E-state index is 0.239. The molecule has 0 saturated carbocycles. The number of hydrogen-bond acceptors (Lipinski definition) is 4. The van der Waals surface area contributed by atoms with E-state index >= 15 is 0 Å². The Labute approximate surface area is 400 Å². The summed E-state index contributed by atoms with van der Waals surface area (Å²) in [6.45, 7) is 18.1. The number of nitriles is 2. The van der Waals surface area contributed by atoms with Crippen LogP contribution in [0, 0.1) is 50.4 Å². The van der Waals surface area contributed by atoms with Gasteiger partial charge in [-0.1, -0.05) is 137 Å². The molecule has 0 fully saturated rings. The highest BCUT2D eigenvalue weighted by molar-refractivity contribution is 6.29. The van der Waals surface area contributed by atoms with Crippen LogP contribution in [-0.4, -0.2) is 0 Å². The summed E-state index contributed by atoms with van der Waals surface area (Å²) in [5.74, 6) is 0.478. The maximum Gasteiger partial charge on any atom is 0.0991 e. The van der Waals surface area contributed by atoms with Crippen LogP contribution < -0.4 is 9.80 Å². The summed E-state index contributed by atoms with van der Waals surface area (Å²) in [5.41, 5.74) is 19.7. The molecule has 0 spiro atoms. The molecule has 0 aliphatic rings. The molecule has 330 valence electrons. The molecule has 0 aromatic heterocycles. The standard InChI is InChI=1S/C64H54N4/c1-39(2)55-35-61(67(57-15-11-9-13-41(57)5)59-33-49(23-17-43(59)7)47-25-19-45(37-65)20-26-47)53-32-30-52-56(40(3)4)36-62(54-31-29-51(55)63(53)64(52)54)68(58-16-12-10-14-42(58)6)60-34-50(24-18-44(60)8)48-27-21-46(38-66)22-28-48/h9-36,39-40H,1-8H3. The van der Waals surface area contributed by atoms with Crippen molar-refractivity contribution in [2.24, 2.45) is 0 Å². The molecule has 4 heteroatoms. The lowest BCUT2D eigenvalue weighted by molar-refractivity contribution is 0.875. The summed E-state index contributed by atoms with van der Waals surface area (Å²) in [5, 5.41) is 26.7. The number of benzene rings is 10. The monoisotopic (exact) mass is 878 g/mol. The van der Waals surface area contributed by atoms with Gasteiger partial charge in [0.2, 0.25) is 0 Å². The summed E-state index contributed by atoms with van der Waals surface area (Å²) >= 11 is 0. The van der Waals surface area contributed by atoms with Crippen LogP contribution in [0.5, 0.6) is 0 Å². The summed E-state index contributed by atoms with van der Waals surface area (Å²) in [7, 11) is 0. The van der Waals surface area contributed by atoms with Crippen LogP contribution in [0.4, 0.5) is 34.1 Å². The second kappa shape index (κ2) is 17.6. The SMILES string of the molecule is Cc1ccccc1N(c1cc(-c2ccc(C#N)cc2)ccc1C)c1cc(C(C)C)c2ccc3c(N(c4ccccc4C)c4cc(-c5ccc(C#N)cc5)ccc4C)cc(C(C)C)c4ccc1c2c43. The zero-order chi connectivity index (χ0) is 47.4. The van der Waals surface area contributed by atoms with Crippen LogP contribution in [0.3, 0.4) is 0 Å². The zero-order valence-electron chi connectivity index (χ0n) is 40.1.